The van der Waals surface area contributed by atoms with Crippen molar-refractivity contribution in [2.45, 2.75) is 19.3 Å². The second-order valence-corrected chi connectivity index (χ2v) is 22.9. The molecule has 0 fully saturated rings. The Bertz CT molecular complexity index is 5230. The van der Waals surface area contributed by atoms with Crippen molar-refractivity contribution < 1.29 is 0 Å². The summed E-state index contributed by atoms with van der Waals surface area (Å²) in [7, 11) is 0. The number of rotatable bonds is 8. The molecule has 1 aliphatic rings. The summed E-state index contributed by atoms with van der Waals surface area (Å²) in [6.45, 7) is 4.82. The van der Waals surface area contributed by atoms with E-state index in [2.05, 4.69) is 324 Å². The van der Waals surface area contributed by atoms with E-state index < -0.39 is 0 Å². The molecule has 3 aromatic heterocycles. The van der Waals surface area contributed by atoms with Crippen LogP contribution >= 0.6 is 0 Å². The van der Waals surface area contributed by atoms with Crippen LogP contribution < -0.4 is 4.90 Å². The summed E-state index contributed by atoms with van der Waals surface area (Å²) in [6, 6.07) is 108. The molecule has 0 radical (unpaired) electrons. The van der Waals surface area contributed by atoms with E-state index in [1.807, 2.05) is 0 Å². The van der Waals surface area contributed by atoms with Gasteiger partial charge in [0.1, 0.15) is 0 Å². The van der Waals surface area contributed by atoms with Crippen LogP contribution in [0.1, 0.15) is 25.0 Å². The molecule has 17 rings (SSSR count). The van der Waals surface area contributed by atoms with Gasteiger partial charge in [-0.3, -0.25) is 0 Å². The number of fused-ring (bicyclic) bond motifs is 13. The van der Waals surface area contributed by atoms with Gasteiger partial charge in [0.25, 0.3) is 0 Å². The van der Waals surface area contributed by atoms with E-state index in [0.29, 0.717) is 0 Å². The average molecular weight is 1060 g/mol. The molecule has 0 N–H and O–H groups in total. The van der Waals surface area contributed by atoms with E-state index in [1.165, 1.54) is 126 Å². The Morgan fingerprint density at radius 1 is 0.265 bits per heavy atom. The molecule has 0 saturated carbocycles. The minimum absolute atomic E-state index is 0.287. The molecule has 13 aromatic carbocycles. The van der Waals surface area contributed by atoms with E-state index in [4.69, 9.17) is 0 Å². The van der Waals surface area contributed by atoms with Crippen molar-refractivity contribution in [3.05, 3.63) is 302 Å². The van der Waals surface area contributed by atoms with Crippen LogP contribution in [0.4, 0.5) is 17.1 Å². The predicted molar refractivity (Wildman–Crippen MR) is 350 cm³/mol. The molecule has 16 aromatic rings. The monoisotopic (exact) mass is 1060 g/mol. The van der Waals surface area contributed by atoms with Crippen molar-refractivity contribution in [3.63, 3.8) is 0 Å². The Balaban J connectivity index is 0.801. The van der Waals surface area contributed by atoms with E-state index >= 15 is 0 Å². The average Bonchev–Trinajstić information content (AvgIpc) is 3.14. The first-order valence-corrected chi connectivity index (χ1v) is 28.8. The van der Waals surface area contributed by atoms with Gasteiger partial charge in [0.15, 0.2) is 0 Å². The molecule has 0 atom stereocenters. The molecule has 4 nitrogen and oxygen atoms in total. The van der Waals surface area contributed by atoms with Gasteiger partial charge in [-0.25, -0.2) is 0 Å². The zero-order valence-corrected chi connectivity index (χ0v) is 46.0. The Labute approximate surface area is 481 Å². The summed E-state index contributed by atoms with van der Waals surface area (Å²) in [5.41, 5.74) is 23.8. The number of anilines is 3. The van der Waals surface area contributed by atoms with Crippen LogP contribution in [-0.4, -0.2) is 13.7 Å². The molecular formula is C79H54N4. The van der Waals surface area contributed by atoms with Crippen LogP contribution in [0, 0.1) is 0 Å². The summed E-state index contributed by atoms with van der Waals surface area (Å²) in [5, 5.41) is 9.86. The normalized spacial score (nSPS) is 12.8. The van der Waals surface area contributed by atoms with Crippen molar-refractivity contribution in [2.75, 3.05) is 4.90 Å². The second-order valence-electron chi connectivity index (χ2n) is 22.9. The van der Waals surface area contributed by atoms with Gasteiger partial charge < -0.3 is 18.6 Å². The lowest BCUT2D eigenvalue weighted by molar-refractivity contribution is 0.660. The topological polar surface area (TPSA) is 18.0 Å². The Morgan fingerprint density at radius 2 is 0.651 bits per heavy atom. The Hall–Kier alpha value is -10.7. The zero-order valence-electron chi connectivity index (χ0n) is 46.0. The minimum atomic E-state index is -0.287. The second kappa shape index (κ2) is 18.2. The summed E-state index contributed by atoms with van der Waals surface area (Å²) in [5.74, 6) is 0. The van der Waals surface area contributed by atoms with Gasteiger partial charge in [-0.05, 0) is 160 Å². The van der Waals surface area contributed by atoms with Crippen LogP contribution in [0.15, 0.2) is 291 Å². The lowest BCUT2D eigenvalue weighted by Gasteiger charge is -2.30. The molecule has 0 bridgehead atoms. The van der Waals surface area contributed by atoms with Gasteiger partial charge in [-0.2, -0.15) is 0 Å². The first-order chi connectivity index (χ1) is 40.9. The maximum Gasteiger partial charge on any atom is 0.0542 e. The Kier molecular flexibility index (Phi) is 10.3. The zero-order chi connectivity index (χ0) is 54.9. The van der Waals surface area contributed by atoms with Gasteiger partial charge in [-0.1, -0.05) is 190 Å². The third kappa shape index (κ3) is 7.12. The number of hydrogen-bond donors (Lipinski definition) is 0. The van der Waals surface area contributed by atoms with Crippen molar-refractivity contribution in [1.29, 1.82) is 0 Å². The minimum Gasteiger partial charge on any atom is -0.310 e. The largest absolute Gasteiger partial charge is 0.310 e. The smallest absolute Gasteiger partial charge is 0.0542 e. The molecule has 83 heavy (non-hydrogen) atoms. The third-order valence-electron chi connectivity index (χ3n) is 18.0. The highest BCUT2D eigenvalue weighted by Crippen LogP contribution is 2.53. The lowest BCUT2D eigenvalue weighted by Crippen LogP contribution is -2.17. The SMILES string of the molecule is CC1(C)c2cc(-c3ccc4c(c3)c3ccccc3n4-c3ccccc3)ccc2-c2ccc(N(c3ccc(-c4ccc5c(c4)c4ccccc4n5-c4ccccc4)cc3)c3ccc(-n4c5ccccc5c5ccccc54)c4ccccc34)cc21. The van der Waals surface area contributed by atoms with Gasteiger partial charge in [0, 0.05) is 71.3 Å². The van der Waals surface area contributed by atoms with Crippen LogP contribution in [0.25, 0.3) is 127 Å². The molecule has 3 heterocycles. The van der Waals surface area contributed by atoms with Crippen molar-refractivity contribution >= 4 is 93.3 Å². The summed E-state index contributed by atoms with van der Waals surface area (Å²) < 4.78 is 7.23. The van der Waals surface area contributed by atoms with E-state index in [0.717, 1.165) is 28.4 Å². The number of benzene rings is 13. The molecule has 0 aliphatic heterocycles. The molecule has 390 valence electrons. The van der Waals surface area contributed by atoms with E-state index in [9.17, 15) is 0 Å². The van der Waals surface area contributed by atoms with Crippen molar-refractivity contribution in [2.24, 2.45) is 0 Å². The summed E-state index contributed by atoms with van der Waals surface area (Å²) in [4.78, 5) is 2.49. The molecule has 0 amide bonds. The van der Waals surface area contributed by atoms with Gasteiger partial charge in [-0.15, -0.1) is 0 Å². The standard InChI is InChI=1S/C79H54N4/c1-79(2)69-49-54(53-37-44-78-68(48-53)66-28-14-16-30-72(66)82(78)56-21-7-4-8-22-56)35-41-59(69)60-42-40-58(50-70(60)79)80(75-45-46-76(64-24-10-9-23-63(64)75)83-73-31-17-11-25-61(73)62-26-12-18-32-74(62)83)57-38-33-51(34-39-57)52-36-43-77-67(47-52)65-27-13-15-29-71(65)81(77)55-19-5-3-6-20-55/h3-50H,1-2H3. The highest BCUT2D eigenvalue weighted by molar-refractivity contribution is 6.14. The van der Waals surface area contributed by atoms with Gasteiger partial charge in [0.05, 0.1) is 44.5 Å². The maximum absolute atomic E-state index is 2.49. The molecule has 0 saturated heterocycles. The maximum atomic E-state index is 2.49. The number of nitrogens with zero attached hydrogens (tertiary/aromatic N) is 4. The summed E-state index contributed by atoms with van der Waals surface area (Å²) in [6.07, 6.45) is 0. The molecule has 0 spiro atoms. The Morgan fingerprint density at radius 3 is 1.20 bits per heavy atom. The van der Waals surface area contributed by atoms with Crippen molar-refractivity contribution in [1.82, 2.24) is 13.7 Å². The van der Waals surface area contributed by atoms with Crippen LogP contribution in [0.2, 0.25) is 0 Å². The number of aromatic nitrogens is 3. The highest BCUT2D eigenvalue weighted by Gasteiger charge is 2.37. The molecule has 0 unspecified atom stereocenters. The van der Waals surface area contributed by atoms with Crippen LogP contribution in [0.5, 0.6) is 0 Å². The fraction of sp³-hybridized carbons (Fsp3) is 0.0380. The molecular weight excluding hydrogens is 1000 g/mol. The van der Waals surface area contributed by atoms with Crippen LogP contribution in [-0.2, 0) is 5.41 Å². The van der Waals surface area contributed by atoms with E-state index in [1.54, 1.807) is 0 Å². The fourth-order valence-electron chi connectivity index (χ4n) is 14.1. The van der Waals surface area contributed by atoms with Gasteiger partial charge in [0.2, 0.25) is 0 Å². The first kappa shape index (κ1) is 47.2. The van der Waals surface area contributed by atoms with Crippen molar-refractivity contribution in [3.8, 4) is 50.4 Å². The third-order valence-corrected chi connectivity index (χ3v) is 18.0. The highest BCUT2D eigenvalue weighted by atomic mass is 15.1. The number of hydrogen-bond acceptors (Lipinski definition) is 1. The quantitative estimate of drug-likeness (QED) is 0.148. The number of para-hydroxylation sites is 6. The predicted octanol–water partition coefficient (Wildman–Crippen LogP) is 21.2. The molecule has 4 heteroatoms. The van der Waals surface area contributed by atoms with E-state index in [-0.39, 0.29) is 5.41 Å². The van der Waals surface area contributed by atoms with Crippen LogP contribution in [0.3, 0.4) is 0 Å². The summed E-state index contributed by atoms with van der Waals surface area (Å²) >= 11 is 0. The molecule has 1 aliphatic carbocycles. The first-order valence-electron chi connectivity index (χ1n) is 28.8. The fourth-order valence-corrected chi connectivity index (χ4v) is 14.1. The lowest BCUT2D eigenvalue weighted by atomic mass is 9.81. The van der Waals surface area contributed by atoms with Gasteiger partial charge >= 0.3 is 0 Å².